The molecule has 0 aromatic heterocycles. The molecule has 0 saturated heterocycles. The van der Waals surface area contributed by atoms with Gasteiger partial charge in [0.05, 0.1) is 40.3 Å². The average Bonchev–Trinajstić information content (AvgIpc) is 3.65. The molecule has 524 valence electrons. The van der Waals surface area contributed by atoms with Crippen molar-refractivity contribution in [2.24, 2.45) is 0 Å². The minimum absolute atomic E-state index is 0.143. The summed E-state index contributed by atoms with van der Waals surface area (Å²) < 4.78 is 22.8. The fourth-order valence-corrected chi connectivity index (χ4v) is 10.7. The first-order valence-corrected chi connectivity index (χ1v) is 38.0. The van der Waals surface area contributed by atoms with Gasteiger partial charge in [-0.1, -0.05) is 329 Å². The third kappa shape index (κ3) is 73.2. The summed E-state index contributed by atoms with van der Waals surface area (Å²) in [6.45, 7) is 4.65. The van der Waals surface area contributed by atoms with Crippen LogP contribution in [0.5, 0.6) is 0 Å². The molecule has 0 aliphatic carbocycles. The van der Waals surface area contributed by atoms with Crippen LogP contribution in [0.15, 0.2) is 109 Å². The quantitative estimate of drug-likeness (QED) is 0.0195. The van der Waals surface area contributed by atoms with Gasteiger partial charge in [0.2, 0.25) is 0 Å². The SMILES string of the molecule is CC/C=C\C/C=C\C/C=C\C/C=C\C/C=C\C/C=C\C/C=C\CCCCCCCCCCCC(=O)OC(COC(=O)CCCCCCCCCCCCCCCCCCCCCCCCC/C=C\C/C=C\CCCCCCC)COC(OCC[N+](C)(C)C)C(=O)[O-]. The zero-order valence-corrected chi connectivity index (χ0v) is 59.9. The van der Waals surface area contributed by atoms with E-state index in [0.29, 0.717) is 17.4 Å². The number of rotatable bonds is 70. The molecule has 0 heterocycles. The molecule has 9 heteroatoms. The Hall–Kier alpha value is -4.05. The minimum atomic E-state index is -1.63. The van der Waals surface area contributed by atoms with Crippen molar-refractivity contribution in [2.75, 3.05) is 47.5 Å². The summed E-state index contributed by atoms with van der Waals surface area (Å²) in [5.74, 6) is -2.28. The molecular formula is C82H143NO8. The molecule has 0 aromatic rings. The maximum atomic E-state index is 13.0. The Labute approximate surface area is 562 Å². The topological polar surface area (TPSA) is 111 Å². The third-order valence-corrected chi connectivity index (χ3v) is 16.5. The van der Waals surface area contributed by atoms with Crippen LogP contribution in [-0.2, 0) is 33.3 Å². The van der Waals surface area contributed by atoms with Crippen LogP contribution in [0, 0.1) is 0 Å². The summed E-state index contributed by atoms with van der Waals surface area (Å²) in [5.41, 5.74) is 0. The molecule has 0 aliphatic heterocycles. The van der Waals surface area contributed by atoms with E-state index in [1.807, 2.05) is 21.1 Å². The second kappa shape index (κ2) is 71.8. The highest BCUT2D eigenvalue weighted by Gasteiger charge is 2.22. The molecule has 0 spiro atoms. The van der Waals surface area contributed by atoms with Crippen LogP contribution in [-0.4, -0.2) is 82.3 Å². The fraction of sp³-hybridized carbons (Fsp3) is 0.744. The van der Waals surface area contributed by atoms with Crippen LogP contribution in [0.2, 0.25) is 0 Å². The molecule has 2 unspecified atom stereocenters. The molecule has 0 amide bonds. The Balaban J connectivity index is 4.07. The van der Waals surface area contributed by atoms with E-state index in [1.54, 1.807) is 0 Å². The molecule has 0 N–H and O–H groups in total. The summed E-state index contributed by atoms with van der Waals surface area (Å²) >= 11 is 0. The minimum Gasteiger partial charge on any atom is -0.545 e. The lowest BCUT2D eigenvalue weighted by molar-refractivity contribution is -0.870. The Kier molecular flexibility index (Phi) is 68.6. The van der Waals surface area contributed by atoms with Gasteiger partial charge in [-0.2, -0.15) is 0 Å². The maximum Gasteiger partial charge on any atom is 0.306 e. The second-order valence-electron chi connectivity index (χ2n) is 26.6. The van der Waals surface area contributed by atoms with Crippen molar-refractivity contribution in [1.29, 1.82) is 0 Å². The second-order valence-corrected chi connectivity index (χ2v) is 26.6. The highest BCUT2D eigenvalue weighted by atomic mass is 16.7. The highest BCUT2D eigenvalue weighted by molar-refractivity contribution is 5.70. The lowest BCUT2D eigenvalue weighted by Gasteiger charge is -2.26. The van der Waals surface area contributed by atoms with E-state index >= 15 is 0 Å². The third-order valence-electron chi connectivity index (χ3n) is 16.5. The lowest BCUT2D eigenvalue weighted by Crippen LogP contribution is -2.44. The summed E-state index contributed by atoms with van der Waals surface area (Å²) in [6, 6.07) is 0. The molecule has 0 aliphatic rings. The van der Waals surface area contributed by atoms with Gasteiger partial charge < -0.3 is 33.3 Å². The number of likely N-dealkylation sites (N-methyl/N-ethyl adjacent to an activating group) is 1. The zero-order chi connectivity index (χ0) is 66.1. The lowest BCUT2D eigenvalue weighted by atomic mass is 10.0. The first-order chi connectivity index (χ1) is 44.6. The molecule has 2 atom stereocenters. The number of carbonyl (C=O) groups is 3. The molecule has 0 rings (SSSR count). The van der Waals surface area contributed by atoms with Gasteiger partial charge in [0, 0.05) is 12.8 Å². The van der Waals surface area contributed by atoms with Crippen molar-refractivity contribution >= 4 is 17.9 Å². The molecule has 91 heavy (non-hydrogen) atoms. The van der Waals surface area contributed by atoms with Gasteiger partial charge in [0.1, 0.15) is 13.2 Å². The number of hydrogen-bond acceptors (Lipinski definition) is 8. The van der Waals surface area contributed by atoms with E-state index in [0.717, 1.165) is 96.3 Å². The fourth-order valence-electron chi connectivity index (χ4n) is 10.7. The first kappa shape index (κ1) is 87.0. The van der Waals surface area contributed by atoms with E-state index in [2.05, 4.69) is 123 Å². The van der Waals surface area contributed by atoms with Crippen molar-refractivity contribution in [2.45, 2.75) is 347 Å². The summed E-state index contributed by atoms with van der Waals surface area (Å²) in [4.78, 5) is 37.6. The van der Waals surface area contributed by atoms with Crippen molar-refractivity contribution in [3.8, 4) is 0 Å². The van der Waals surface area contributed by atoms with Gasteiger partial charge in [0.25, 0.3) is 0 Å². The summed E-state index contributed by atoms with van der Waals surface area (Å²) in [5, 5.41) is 11.8. The van der Waals surface area contributed by atoms with Gasteiger partial charge >= 0.3 is 11.9 Å². The van der Waals surface area contributed by atoms with E-state index in [-0.39, 0.29) is 38.6 Å². The van der Waals surface area contributed by atoms with E-state index in [9.17, 15) is 19.5 Å². The van der Waals surface area contributed by atoms with Gasteiger partial charge in [-0.05, 0) is 103 Å². The van der Waals surface area contributed by atoms with Crippen LogP contribution in [0.1, 0.15) is 335 Å². The summed E-state index contributed by atoms with van der Waals surface area (Å²) in [6.07, 6.45) is 97.6. The van der Waals surface area contributed by atoms with Crippen molar-refractivity contribution < 1.29 is 42.9 Å². The first-order valence-electron chi connectivity index (χ1n) is 38.0. The molecule has 0 fully saturated rings. The van der Waals surface area contributed by atoms with Gasteiger partial charge in [0.15, 0.2) is 12.4 Å². The van der Waals surface area contributed by atoms with E-state index < -0.39 is 24.3 Å². The number of unbranched alkanes of at least 4 members (excludes halogenated alkanes) is 37. The summed E-state index contributed by atoms with van der Waals surface area (Å²) in [7, 11) is 5.93. The van der Waals surface area contributed by atoms with Gasteiger partial charge in [-0.25, -0.2) is 0 Å². The number of ether oxygens (including phenoxy) is 4. The predicted molar refractivity (Wildman–Crippen MR) is 389 cm³/mol. The number of quaternary nitrogens is 1. The number of aliphatic carboxylic acids is 1. The standard InChI is InChI=1S/C82H143NO8/c1-6-8-10-12-14-16-18-20-22-24-26-28-30-32-34-36-38-39-40-41-43-44-46-48-50-52-54-56-58-60-62-64-66-68-70-72-79(84)89-76-78(77-90-82(81(86)87)88-75-74-83(3,4)5)91-80(85)73-71-69-67-65-63-61-59-57-55-53-51-49-47-45-42-37-35-33-31-29-27-25-23-21-19-17-15-13-11-9-7-2/h9,11,15,17-18,20-21,23-24,26-27,29,33,35,42,45,49,51,78,82H,6-8,10,12-14,16,19,22,25,28,30-32,34,36-41,43-44,46-48,50,52-77H2,1-5H3/b11-9-,17-15-,20-18-,23-21-,26-24-,29-27-,35-33-,45-42-,51-49-. The van der Waals surface area contributed by atoms with Crippen molar-refractivity contribution in [1.82, 2.24) is 0 Å². The average molecular weight is 1270 g/mol. The number of carboxylic acid groups (broad SMARTS) is 1. The smallest absolute Gasteiger partial charge is 0.306 e. The van der Waals surface area contributed by atoms with Crippen molar-refractivity contribution in [3.05, 3.63) is 109 Å². The van der Waals surface area contributed by atoms with Crippen LogP contribution < -0.4 is 5.11 Å². The monoisotopic (exact) mass is 1270 g/mol. The Bertz CT molecular complexity index is 1870. The van der Waals surface area contributed by atoms with E-state index in [1.165, 1.54) is 205 Å². The largest absolute Gasteiger partial charge is 0.545 e. The zero-order valence-electron chi connectivity index (χ0n) is 59.9. The normalized spacial score (nSPS) is 13.3. The Morgan fingerprint density at radius 3 is 0.934 bits per heavy atom. The van der Waals surface area contributed by atoms with Gasteiger partial charge in [-0.15, -0.1) is 0 Å². The molecule has 9 nitrogen and oxygen atoms in total. The molecular weight excluding hydrogens is 1130 g/mol. The van der Waals surface area contributed by atoms with E-state index in [4.69, 9.17) is 18.9 Å². The van der Waals surface area contributed by atoms with Gasteiger partial charge in [-0.3, -0.25) is 9.59 Å². The Morgan fingerprint density at radius 1 is 0.341 bits per heavy atom. The van der Waals surface area contributed by atoms with Crippen LogP contribution in [0.4, 0.5) is 0 Å². The van der Waals surface area contributed by atoms with Crippen LogP contribution >= 0.6 is 0 Å². The molecule has 0 aromatic carbocycles. The molecule has 0 bridgehead atoms. The number of nitrogens with zero attached hydrogens (tertiary/aromatic N) is 1. The van der Waals surface area contributed by atoms with Crippen molar-refractivity contribution in [3.63, 3.8) is 0 Å². The number of allylic oxidation sites excluding steroid dienone is 18. The number of hydrogen-bond donors (Lipinski definition) is 0. The number of esters is 2. The Morgan fingerprint density at radius 2 is 0.626 bits per heavy atom. The predicted octanol–water partition coefficient (Wildman–Crippen LogP) is 22.8. The molecule has 0 radical (unpaired) electrons. The maximum absolute atomic E-state index is 13.0. The highest BCUT2D eigenvalue weighted by Crippen LogP contribution is 2.18. The van der Waals surface area contributed by atoms with Crippen LogP contribution in [0.3, 0.4) is 0 Å². The molecule has 0 saturated carbocycles. The number of carboxylic acids is 1. The number of carbonyl (C=O) groups excluding carboxylic acids is 3. The van der Waals surface area contributed by atoms with Crippen LogP contribution in [0.25, 0.3) is 0 Å².